The summed E-state index contributed by atoms with van der Waals surface area (Å²) in [6.07, 6.45) is -0.986. The van der Waals surface area contributed by atoms with Gasteiger partial charge in [-0.15, -0.1) is 0 Å². The second-order valence-corrected chi connectivity index (χ2v) is 8.74. The molecule has 2 unspecified atom stereocenters. The molecule has 0 spiro atoms. The average molecular weight is 316 g/mol. The predicted molar refractivity (Wildman–Crippen MR) is 75.4 cm³/mol. The largest absolute Gasteiger partial charge is 0.465 e. The Morgan fingerprint density at radius 2 is 2.10 bits per heavy atom. The highest BCUT2D eigenvalue weighted by Gasteiger charge is 2.52. The van der Waals surface area contributed by atoms with E-state index in [2.05, 4.69) is 0 Å². The summed E-state index contributed by atoms with van der Waals surface area (Å²) in [5.41, 5.74) is -0.519. The number of rotatable bonds is 3. The highest BCUT2D eigenvalue weighted by molar-refractivity contribution is 7.93. The zero-order chi connectivity index (χ0) is 16.5. The molecule has 0 saturated carbocycles. The van der Waals surface area contributed by atoms with Gasteiger partial charge in [-0.1, -0.05) is 20.8 Å². The summed E-state index contributed by atoms with van der Waals surface area (Å²) in [5, 5.41) is 17.9. The molecule has 7 nitrogen and oxygen atoms in total. The summed E-state index contributed by atoms with van der Waals surface area (Å²) in [4.78, 5) is 24.0. The van der Waals surface area contributed by atoms with Crippen molar-refractivity contribution >= 4 is 22.2 Å². The van der Waals surface area contributed by atoms with E-state index in [0.29, 0.717) is 6.29 Å². The van der Waals surface area contributed by atoms with E-state index in [1.54, 1.807) is 26.8 Å². The van der Waals surface area contributed by atoms with Gasteiger partial charge in [0.05, 0.1) is 6.07 Å². The third-order valence-corrected chi connectivity index (χ3v) is 6.24. The molecule has 0 aliphatic carbocycles. The fourth-order valence-electron chi connectivity index (χ4n) is 2.70. The summed E-state index contributed by atoms with van der Waals surface area (Å²) in [6, 6.07) is 0.966. The van der Waals surface area contributed by atoms with E-state index in [0.717, 1.165) is 0 Å². The summed E-state index contributed by atoms with van der Waals surface area (Å²) >= 11 is 0. The number of likely N-dealkylation sites (tertiary alicyclic amines) is 1. The zero-order valence-corrected chi connectivity index (χ0v) is 13.2. The Morgan fingerprint density at radius 1 is 1.52 bits per heavy atom. The van der Waals surface area contributed by atoms with Crippen LogP contribution in [0.4, 0.5) is 4.79 Å². The van der Waals surface area contributed by atoms with E-state index < -0.39 is 37.9 Å². The Hall–Kier alpha value is -1.62. The first kappa shape index (κ1) is 17.4. The Bertz CT molecular complexity index is 572. The zero-order valence-electron chi connectivity index (χ0n) is 12.4. The third kappa shape index (κ3) is 3.18. The van der Waals surface area contributed by atoms with Crippen molar-refractivity contribution in [2.45, 2.75) is 44.4 Å². The molecule has 1 fully saturated rings. The van der Waals surface area contributed by atoms with Crippen LogP contribution in [0.25, 0.3) is 0 Å². The van der Waals surface area contributed by atoms with Crippen molar-refractivity contribution in [1.29, 1.82) is 5.26 Å². The standard InChI is InChI=1S/C13H20N2O5S/c1-12(2,3)10-8-13(9-16,21(19,20)7-5-14)4-6-15(10)11(17)18/h9-10H,4,6-8H2,1-3H3,(H,17,18). The van der Waals surface area contributed by atoms with Gasteiger partial charge in [0.15, 0.2) is 9.84 Å². The number of nitriles is 1. The van der Waals surface area contributed by atoms with Gasteiger partial charge in [0.2, 0.25) is 0 Å². The summed E-state index contributed by atoms with van der Waals surface area (Å²) in [6.45, 7) is 5.35. The fourth-order valence-corrected chi connectivity index (χ4v) is 4.12. The minimum atomic E-state index is -3.94. The Labute approximate surface area is 124 Å². The number of hydrogen-bond acceptors (Lipinski definition) is 5. The van der Waals surface area contributed by atoms with Gasteiger partial charge in [-0.3, -0.25) is 0 Å². The smallest absolute Gasteiger partial charge is 0.407 e. The Kier molecular flexibility index (Phi) is 4.68. The molecule has 0 bridgehead atoms. The van der Waals surface area contributed by atoms with Crippen molar-refractivity contribution in [1.82, 2.24) is 4.90 Å². The molecule has 0 aromatic carbocycles. The van der Waals surface area contributed by atoms with Crippen molar-refractivity contribution in [3.8, 4) is 6.07 Å². The Balaban J connectivity index is 3.28. The lowest BCUT2D eigenvalue weighted by Crippen LogP contribution is -2.60. The maximum Gasteiger partial charge on any atom is 0.407 e. The van der Waals surface area contributed by atoms with Gasteiger partial charge in [-0.2, -0.15) is 5.26 Å². The number of piperidine rings is 1. The van der Waals surface area contributed by atoms with Crippen molar-refractivity contribution in [2.24, 2.45) is 5.41 Å². The van der Waals surface area contributed by atoms with Crippen molar-refractivity contribution in [2.75, 3.05) is 12.3 Å². The Morgan fingerprint density at radius 3 is 2.48 bits per heavy atom. The second kappa shape index (κ2) is 5.64. The van der Waals surface area contributed by atoms with Gasteiger partial charge in [-0.05, 0) is 18.3 Å². The monoisotopic (exact) mass is 316 g/mol. The molecule has 1 rings (SSSR count). The number of aldehydes is 1. The van der Waals surface area contributed by atoms with Gasteiger partial charge in [0, 0.05) is 12.6 Å². The maximum atomic E-state index is 12.3. The van der Waals surface area contributed by atoms with Gasteiger partial charge in [-0.25, -0.2) is 13.2 Å². The van der Waals surface area contributed by atoms with E-state index in [9.17, 15) is 23.1 Å². The molecule has 2 atom stereocenters. The summed E-state index contributed by atoms with van der Waals surface area (Å²) < 4.78 is 22.9. The van der Waals surface area contributed by atoms with E-state index in [4.69, 9.17) is 5.26 Å². The highest BCUT2D eigenvalue weighted by Crippen LogP contribution is 2.39. The van der Waals surface area contributed by atoms with Gasteiger partial charge in [0.1, 0.15) is 16.8 Å². The lowest BCUT2D eigenvalue weighted by atomic mass is 9.77. The first-order valence-electron chi connectivity index (χ1n) is 6.56. The minimum absolute atomic E-state index is 0.0410. The number of carbonyl (C=O) groups is 2. The number of sulfone groups is 1. The van der Waals surface area contributed by atoms with E-state index in [1.807, 2.05) is 0 Å². The highest BCUT2D eigenvalue weighted by atomic mass is 32.2. The van der Waals surface area contributed by atoms with Crippen LogP contribution in [-0.2, 0) is 14.6 Å². The topological polar surface area (TPSA) is 116 Å². The number of hydrogen-bond donors (Lipinski definition) is 1. The second-order valence-electron chi connectivity index (χ2n) is 6.41. The average Bonchev–Trinajstić information content (AvgIpc) is 2.36. The van der Waals surface area contributed by atoms with Crippen LogP contribution in [0, 0.1) is 16.7 Å². The van der Waals surface area contributed by atoms with Gasteiger partial charge in [0.25, 0.3) is 0 Å². The molecule has 0 aromatic rings. The van der Waals surface area contributed by atoms with Crippen molar-refractivity contribution < 1.29 is 23.1 Å². The minimum Gasteiger partial charge on any atom is -0.465 e. The van der Waals surface area contributed by atoms with Crippen LogP contribution in [0.3, 0.4) is 0 Å². The predicted octanol–water partition coefficient (Wildman–Crippen LogP) is 1.05. The van der Waals surface area contributed by atoms with Crippen LogP contribution in [0.5, 0.6) is 0 Å². The molecule has 21 heavy (non-hydrogen) atoms. The molecule has 0 aromatic heterocycles. The molecule has 1 aliphatic rings. The SMILES string of the molecule is CC(C)(C)C1CC(C=O)(S(=O)(=O)CC#N)CCN1C(=O)O. The number of nitrogens with zero attached hydrogens (tertiary/aromatic N) is 2. The van der Waals surface area contributed by atoms with Crippen LogP contribution in [0.2, 0.25) is 0 Å². The van der Waals surface area contributed by atoms with Crippen molar-refractivity contribution in [3.63, 3.8) is 0 Å². The molecular weight excluding hydrogens is 296 g/mol. The fraction of sp³-hybridized carbons (Fsp3) is 0.769. The third-order valence-electron chi connectivity index (χ3n) is 4.03. The normalized spacial score (nSPS) is 27.0. The number of carbonyl (C=O) groups excluding carboxylic acids is 1. The number of amides is 1. The maximum absolute atomic E-state index is 12.3. The molecule has 1 N–H and O–H groups in total. The van der Waals surface area contributed by atoms with Crippen molar-refractivity contribution in [3.05, 3.63) is 0 Å². The van der Waals surface area contributed by atoms with Crippen LogP contribution < -0.4 is 0 Å². The van der Waals surface area contributed by atoms with Crippen LogP contribution in [0.1, 0.15) is 33.6 Å². The molecule has 1 saturated heterocycles. The van der Waals surface area contributed by atoms with Crippen LogP contribution in [0.15, 0.2) is 0 Å². The summed E-state index contributed by atoms with van der Waals surface area (Å²) in [5.74, 6) is -0.740. The van der Waals surface area contributed by atoms with E-state index in [1.165, 1.54) is 4.90 Å². The van der Waals surface area contributed by atoms with E-state index >= 15 is 0 Å². The van der Waals surface area contributed by atoms with E-state index in [-0.39, 0.29) is 19.4 Å². The lowest BCUT2D eigenvalue weighted by Gasteiger charge is -2.47. The van der Waals surface area contributed by atoms with Gasteiger partial charge >= 0.3 is 6.09 Å². The molecule has 1 aliphatic heterocycles. The number of carboxylic acid groups (broad SMARTS) is 1. The molecule has 1 amide bonds. The quantitative estimate of drug-likeness (QED) is 0.778. The molecular formula is C13H20N2O5S. The molecule has 8 heteroatoms. The van der Waals surface area contributed by atoms with Crippen LogP contribution in [-0.4, -0.2) is 53.9 Å². The molecule has 0 radical (unpaired) electrons. The van der Waals surface area contributed by atoms with Gasteiger partial charge < -0.3 is 14.8 Å². The summed E-state index contributed by atoms with van der Waals surface area (Å²) in [7, 11) is -3.94. The lowest BCUT2D eigenvalue weighted by molar-refractivity contribution is -0.112. The first-order chi connectivity index (χ1) is 9.50. The van der Waals surface area contributed by atoms with Crippen LogP contribution >= 0.6 is 0 Å². The molecule has 118 valence electrons. The first-order valence-corrected chi connectivity index (χ1v) is 8.21. The molecule has 1 heterocycles.